The SMILES string of the molecule is CSCCN(C)C(=O)c1ncn[nH]1. The highest BCUT2D eigenvalue weighted by atomic mass is 32.2. The van der Waals surface area contributed by atoms with E-state index < -0.39 is 0 Å². The van der Waals surface area contributed by atoms with Gasteiger partial charge in [-0.3, -0.25) is 9.89 Å². The Morgan fingerprint density at radius 1 is 1.77 bits per heavy atom. The van der Waals surface area contributed by atoms with Crippen molar-refractivity contribution in [1.82, 2.24) is 20.1 Å². The third-order valence-electron chi connectivity index (χ3n) is 1.60. The van der Waals surface area contributed by atoms with E-state index in [4.69, 9.17) is 0 Å². The predicted octanol–water partition coefficient (Wildman–Crippen LogP) is 0.240. The molecular formula is C7H12N4OS. The number of H-pyrrole nitrogens is 1. The van der Waals surface area contributed by atoms with Gasteiger partial charge in [0.1, 0.15) is 6.33 Å². The molecule has 0 radical (unpaired) electrons. The molecule has 0 aliphatic rings. The lowest BCUT2D eigenvalue weighted by Gasteiger charge is -2.13. The van der Waals surface area contributed by atoms with Gasteiger partial charge in [-0.25, -0.2) is 4.98 Å². The topological polar surface area (TPSA) is 61.9 Å². The van der Waals surface area contributed by atoms with Gasteiger partial charge in [0.2, 0.25) is 5.82 Å². The summed E-state index contributed by atoms with van der Waals surface area (Å²) in [6.07, 6.45) is 3.34. The summed E-state index contributed by atoms with van der Waals surface area (Å²) in [5.41, 5.74) is 0. The fourth-order valence-electron chi connectivity index (χ4n) is 0.819. The standard InChI is InChI=1S/C7H12N4OS/c1-11(3-4-13-2)7(12)6-8-5-9-10-6/h5H,3-4H2,1-2H3,(H,8,9,10). The Labute approximate surface area is 80.9 Å². The van der Waals surface area contributed by atoms with E-state index in [1.807, 2.05) is 6.26 Å². The quantitative estimate of drug-likeness (QED) is 0.756. The van der Waals surface area contributed by atoms with Crippen molar-refractivity contribution in [1.29, 1.82) is 0 Å². The van der Waals surface area contributed by atoms with Crippen molar-refractivity contribution in [3.63, 3.8) is 0 Å². The molecular weight excluding hydrogens is 188 g/mol. The maximum absolute atomic E-state index is 11.5. The van der Waals surface area contributed by atoms with Crippen LogP contribution in [0.15, 0.2) is 6.33 Å². The molecule has 13 heavy (non-hydrogen) atoms. The van der Waals surface area contributed by atoms with Crippen LogP contribution in [-0.4, -0.2) is 51.6 Å². The van der Waals surface area contributed by atoms with Crippen LogP contribution in [0.2, 0.25) is 0 Å². The van der Waals surface area contributed by atoms with Crippen LogP contribution in [0.25, 0.3) is 0 Å². The molecule has 1 rings (SSSR count). The molecule has 6 heteroatoms. The lowest BCUT2D eigenvalue weighted by atomic mass is 10.5. The average Bonchev–Trinajstić information content (AvgIpc) is 2.65. The highest BCUT2D eigenvalue weighted by Gasteiger charge is 2.13. The van der Waals surface area contributed by atoms with Crippen LogP contribution >= 0.6 is 11.8 Å². The van der Waals surface area contributed by atoms with Crippen molar-refractivity contribution >= 4 is 17.7 Å². The molecule has 5 nitrogen and oxygen atoms in total. The number of thioether (sulfide) groups is 1. The Morgan fingerprint density at radius 2 is 2.54 bits per heavy atom. The monoisotopic (exact) mass is 200 g/mol. The molecule has 0 bridgehead atoms. The van der Waals surface area contributed by atoms with E-state index in [0.29, 0.717) is 5.82 Å². The minimum atomic E-state index is -0.119. The summed E-state index contributed by atoms with van der Waals surface area (Å²) in [6, 6.07) is 0. The first-order valence-corrected chi connectivity index (χ1v) is 5.25. The van der Waals surface area contributed by atoms with Gasteiger partial charge in [-0.15, -0.1) is 0 Å². The van der Waals surface area contributed by atoms with Crippen LogP contribution in [0.1, 0.15) is 10.6 Å². The number of nitrogens with one attached hydrogen (secondary N) is 1. The van der Waals surface area contributed by atoms with Crippen LogP contribution in [0.4, 0.5) is 0 Å². The van der Waals surface area contributed by atoms with Crippen molar-refractivity contribution in [2.24, 2.45) is 0 Å². The molecule has 0 aromatic carbocycles. The minimum absolute atomic E-state index is 0.119. The molecule has 0 saturated carbocycles. The number of carbonyl (C=O) groups is 1. The zero-order valence-corrected chi connectivity index (χ0v) is 8.47. The van der Waals surface area contributed by atoms with E-state index in [1.54, 1.807) is 23.7 Å². The summed E-state index contributed by atoms with van der Waals surface area (Å²) in [5, 5.41) is 6.15. The molecule has 72 valence electrons. The van der Waals surface area contributed by atoms with Crippen molar-refractivity contribution < 1.29 is 4.79 Å². The zero-order valence-electron chi connectivity index (χ0n) is 7.65. The highest BCUT2D eigenvalue weighted by molar-refractivity contribution is 7.98. The third-order valence-corrected chi connectivity index (χ3v) is 2.19. The average molecular weight is 200 g/mol. The van der Waals surface area contributed by atoms with E-state index in [1.165, 1.54) is 6.33 Å². The number of aromatic nitrogens is 3. The summed E-state index contributed by atoms with van der Waals surface area (Å²) in [4.78, 5) is 16.9. The number of hydrogen-bond acceptors (Lipinski definition) is 4. The Kier molecular flexibility index (Phi) is 3.75. The molecule has 0 saturated heterocycles. The van der Waals surface area contributed by atoms with Crippen LogP contribution in [0.3, 0.4) is 0 Å². The molecule has 1 heterocycles. The van der Waals surface area contributed by atoms with Crippen molar-refractivity contribution in [3.05, 3.63) is 12.2 Å². The molecule has 0 atom stereocenters. The van der Waals surface area contributed by atoms with E-state index in [9.17, 15) is 4.79 Å². The molecule has 1 aromatic heterocycles. The molecule has 0 fully saturated rings. The highest BCUT2D eigenvalue weighted by Crippen LogP contribution is 1.97. The van der Waals surface area contributed by atoms with E-state index in [-0.39, 0.29) is 5.91 Å². The van der Waals surface area contributed by atoms with E-state index >= 15 is 0 Å². The molecule has 1 aromatic rings. The Balaban J connectivity index is 2.48. The zero-order chi connectivity index (χ0) is 9.68. The molecule has 0 aliphatic heterocycles. The number of aromatic amines is 1. The molecule has 1 N–H and O–H groups in total. The number of amides is 1. The van der Waals surface area contributed by atoms with Crippen LogP contribution in [0.5, 0.6) is 0 Å². The maximum atomic E-state index is 11.5. The first-order chi connectivity index (χ1) is 6.25. The number of hydrogen-bond donors (Lipinski definition) is 1. The van der Waals surface area contributed by atoms with Gasteiger partial charge in [0.25, 0.3) is 5.91 Å². The summed E-state index contributed by atoms with van der Waals surface area (Å²) < 4.78 is 0. The Bertz CT molecular complexity index is 261. The lowest BCUT2D eigenvalue weighted by Crippen LogP contribution is -2.29. The van der Waals surface area contributed by atoms with Gasteiger partial charge in [-0.2, -0.15) is 16.9 Å². The second-order valence-electron chi connectivity index (χ2n) is 2.55. The Morgan fingerprint density at radius 3 is 3.08 bits per heavy atom. The largest absolute Gasteiger partial charge is 0.338 e. The second kappa shape index (κ2) is 4.86. The fraction of sp³-hybridized carbons (Fsp3) is 0.571. The van der Waals surface area contributed by atoms with Crippen LogP contribution in [-0.2, 0) is 0 Å². The van der Waals surface area contributed by atoms with E-state index in [2.05, 4.69) is 15.2 Å². The van der Waals surface area contributed by atoms with Gasteiger partial charge in [-0.1, -0.05) is 0 Å². The lowest BCUT2D eigenvalue weighted by molar-refractivity contribution is 0.0792. The third kappa shape index (κ3) is 2.73. The van der Waals surface area contributed by atoms with E-state index in [0.717, 1.165) is 12.3 Å². The molecule has 0 aliphatic carbocycles. The first-order valence-electron chi connectivity index (χ1n) is 3.85. The number of nitrogens with zero attached hydrogens (tertiary/aromatic N) is 3. The normalized spacial score (nSPS) is 10.0. The van der Waals surface area contributed by atoms with Crippen LogP contribution in [0, 0.1) is 0 Å². The minimum Gasteiger partial charge on any atom is -0.338 e. The number of rotatable bonds is 4. The van der Waals surface area contributed by atoms with Gasteiger partial charge in [-0.05, 0) is 6.26 Å². The molecule has 0 spiro atoms. The predicted molar refractivity (Wildman–Crippen MR) is 51.7 cm³/mol. The Hall–Kier alpha value is -1.04. The van der Waals surface area contributed by atoms with Gasteiger partial charge < -0.3 is 4.90 Å². The molecule has 0 unspecified atom stereocenters. The molecule has 1 amide bonds. The summed E-state index contributed by atoms with van der Waals surface area (Å²) in [6.45, 7) is 0.723. The second-order valence-corrected chi connectivity index (χ2v) is 3.54. The summed E-state index contributed by atoms with van der Waals surface area (Å²) in [7, 11) is 1.75. The number of carbonyl (C=O) groups excluding carboxylic acids is 1. The van der Waals surface area contributed by atoms with Gasteiger partial charge >= 0.3 is 0 Å². The van der Waals surface area contributed by atoms with Gasteiger partial charge in [0.15, 0.2) is 0 Å². The summed E-state index contributed by atoms with van der Waals surface area (Å²) >= 11 is 1.70. The smallest absolute Gasteiger partial charge is 0.290 e. The summed E-state index contributed by atoms with van der Waals surface area (Å²) in [5.74, 6) is 1.10. The van der Waals surface area contributed by atoms with Crippen molar-refractivity contribution in [2.75, 3.05) is 25.6 Å². The van der Waals surface area contributed by atoms with Crippen molar-refractivity contribution in [3.8, 4) is 0 Å². The maximum Gasteiger partial charge on any atom is 0.290 e. The van der Waals surface area contributed by atoms with Gasteiger partial charge in [0, 0.05) is 19.3 Å². The van der Waals surface area contributed by atoms with Crippen molar-refractivity contribution in [2.45, 2.75) is 0 Å². The van der Waals surface area contributed by atoms with Crippen LogP contribution < -0.4 is 0 Å². The first kappa shape index (κ1) is 10.0. The van der Waals surface area contributed by atoms with Gasteiger partial charge in [0.05, 0.1) is 0 Å². The fourth-order valence-corrected chi connectivity index (χ4v) is 1.28.